The number of hydrogen-bond acceptors (Lipinski definition) is 4. The van der Waals surface area contributed by atoms with Crippen molar-refractivity contribution in [2.24, 2.45) is 0 Å². The number of hydrogen-bond donors (Lipinski definition) is 2. The fourth-order valence-corrected chi connectivity index (χ4v) is 3.46. The minimum Gasteiger partial charge on any atom is -0.507 e. The molecular weight excluding hydrogens is 408 g/mol. The highest BCUT2D eigenvalue weighted by Gasteiger charge is 2.19. The number of alkyl halides is 1. The third-order valence-corrected chi connectivity index (χ3v) is 5.00. The summed E-state index contributed by atoms with van der Waals surface area (Å²) >= 11 is 3.44. The lowest BCUT2D eigenvalue weighted by Crippen LogP contribution is -2.03. The van der Waals surface area contributed by atoms with Crippen LogP contribution in [0.25, 0.3) is 16.8 Å². The van der Waals surface area contributed by atoms with E-state index in [4.69, 9.17) is 4.74 Å². The van der Waals surface area contributed by atoms with E-state index < -0.39 is 5.97 Å². The van der Waals surface area contributed by atoms with E-state index in [1.54, 1.807) is 30.3 Å². The van der Waals surface area contributed by atoms with Gasteiger partial charge in [-0.05, 0) is 19.3 Å². The van der Waals surface area contributed by atoms with Gasteiger partial charge in [0.1, 0.15) is 5.75 Å². The fourth-order valence-electron chi connectivity index (χ4n) is 3.07. The van der Waals surface area contributed by atoms with Gasteiger partial charge in [0.25, 0.3) is 0 Å². The molecule has 0 bridgehead atoms. The van der Waals surface area contributed by atoms with Crippen LogP contribution in [-0.4, -0.2) is 21.5 Å². The Balaban J connectivity index is 2.11. The largest absolute Gasteiger partial charge is 0.507 e. The van der Waals surface area contributed by atoms with Crippen molar-refractivity contribution in [1.82, 2.24) is 0 Å². The second-order valence-electron chi connectivity index (χ2n) is 6.58. The Morgan fingerprint density at radius 2 is 1.59 bits per heavy atom. The first-order valence-corrected chi connectivity index (χ1v) is 10.6. The summed E-state index contributed by atoms with van der Waals surface area (Å²) in [5, 5.41) is 23.2. The van der Waals surface area contributed by atoms with E-state index in [9.17, 15) is 15.0 Å². The molecule has 146 valence electrons. The first kappa shape index (κ1) is 21.3. The Labute approximate surface area is 169 Å². The van der Waals surface area contributed by atoms with Crippen LogP contribution >= 0.6 is 15.9 Å². The molecule has 2 aromatic rings. The molecule has 0 amide bonds. The summed E-state index contributed by atoms with van der Waals surface area (Å²) < 4.78 is 5.19. The third-order valence-electron chi connectivity index (χ3n) is 4.44. The summed E-state index contributed by atoms with van der Waals surface area (Å²) in [6.07, 6.45) is 11.7. The van der Waals surface area contributed by atoms with Crippen LogP contribution < -0.4 is 4.74 Å². The van der Waals surface area contributed by atoms with Gasteiger partial charge in [0, 0.05) is 23.0 Å². The van der Waals surface area contributed by atoms with Crippen LogP contribution in [0.1, 0.15) is 57.4 Å². The van der Waals surface area contributed by atoms with E-state index in [-0.39, 0.29) is 17.2 Å². The van der Waals surface area contributed by atoms with E-state index in [1.807, 2.05) is 6.08 Å². The predicted molar refractivity (Wildman–Crippen MR) is 114 cm³/mol. The molecule has 0 heterocycles. The molecule has 0 atom stereocenters. The molecule has 0 saturated heterocycles. The van der Waals surface area contributed by atoms with E-state index in [0.29, 0.717) is 16.3 Å². The summed E-state index contributed by atoms with van der Waals surface area (Å²) in [6.45, 7) is 1.27. The van der Waals surface area contributed by atoms with Crippen molar-refractivity contribution in [3.05, 3.63) is 35.9 Å². The van der Waals surface area contributed by atoms with Crippen molar-refractivity contribution < 1.29 is 19.7 Å². The van der Waals surface area contributed by atoms with Gasteiger partial charge in [0.15, 0.2) is 11.5 Å². The molecule has 0 radical (unpaired) electrons. The Kier molecular flexibility index (Phi) is 8.65. The molecule has 2 N–H and O–H groups in total. The number of ether oxygens (including phenoxy) is 1. The van der Waals surface area contributed by atoms with E-state index >= 15 is 0 Å². The van der Waals surface area contributed by atoms with Gasteiger partial charge in [0.05, 0.1) is 5.56 Å². The van der Waals surface area contributed by atoms with Gasteiger partial charge in [-0.1, -0.05) is 78.0 Å². The highest BCUT2D eigenvalue weighted by molar-refractivity contribution is 9.09. The number of allylic oxidation sites excluding steroid dienone is 1. The molecule has 0 aliphatic carbocycles. The van der Waals surface area contributed by atoms with Crippen LogP contribution in [0.4, 0.5) is 0 Å². The average molecular weight is 435 g/mol. The van der Waals surface area contributed by atoms with Gasteiger partial charge >= 0.3 is 5.97 Å². The van der Waals surface area contributed by atoms with E-state index in [0.717, 1.165) is 18.2 Å². The lowest BCUT2D eigenvalue weighted by Gasteiger charge is -2.13. The smallest absolute Gasteiger partial charge is 0.308 e. The maximum atomic E-state index is 11.4. The number of halogens is 1. The second kappa shape index (κ2) is 11.0. The summed E-state index contributed by atoms with van der Waals surface area (Å²) in [5.41, 5.74) is 0.332. The maximum absolute atomic E-state index is 11.4. The maximum Gasteiger partial charge on any atom is 0.308 e. The van der Waals surface area contributed by atoms with Crippen molar-refractivity contribution in [3.8, 4) is 17.2 Å². The second-order valence-corrected chi connectivity index (χ2v) is 7.37. The summed E-state index contributed by atoms with van der Waals surface area (Å²) in [7, 11) is 0. The topological polar surface area (TPSA) is 66.8 Å². The van der Waals surface area contributed by atoms with E-state index in [1.165, 1.54) is 39.0 Å². The predicted octanol–water partition coefficient (Wildman–Crippen LogP) is 6.32. The number of rotatable bonds is 10. The molecule has 5 heteroatoms. The molecule has 2 rings (SSSR count). The lowest BCUT2D eigenvalue weighted by atomic mass is 10.0. The highest BCUT2D eigenvalue weighted by atomic mass is 79.9. The first-order chi connectivity index (χ1) is 13.1. The van der Waals surface area contributed by atoms with Crippen molar-refractivity contribution >= 4 is 38.7 Å². The number of phenols is 2. The van der Waals surface area contributed by atoms with Gasteiger partial charge in [-0.2, -0.15) is 0 Å². The molecule has 0 aliphatic rings. The molecule has 0 aliphatic heterocycles. The number of benzene rings is 2. The van der Waals surface area contributed by atoms with E-state index in [2.05, 4.69) is 15.9 Å². The number of aromatic hydroxyl groups is 2. The lowest BCUT2D eigenvalue weighted by molar-refractivity contribution is -0.132. The summed E-state index contributed by atoms with van der Waals surface area (Å²) in [4.78, 5) is 11.4. The van der Waals surface area contributed by atoms with Crippen molar-refractivity contribution in [3.63, 3.8) is 0 Å². The third kappa shape index (κ3) is 5.99. The zero-order valence-corrected chi connectivity index (χ0v) is 17.3. The van der Waals surface area contributed by atoms with Crippen LogP contribution in [0.5, 0.6) is 17.2 Å². The van der Waals surface area contributed by atoms with Crippen LogP contribution in [0.2, 0.25) is 0 Å². The molecule has 0 saturated carbocycles. The zero-order valence-electron chi connectivity index (χ0n) is 15.7. The van der Waals surface area contributed by atoms with Gasteiger partial charge in [-0.3, -0.25) is 4.79 Å². The van der Waals surface area contributed by atoms with Crippen LogP contribution in [0, 0.1) is 0 Å². The number of phenolic OH excluding ortho intramolecular Hbond substituents is 2. The molecule has 0 fully saturated rings. The van der Waals surface area contributed by atoms with Crippen LogP contribution in [-0.2, 0) is 4.79 Å². The fraction of sp³-hybridized carbons (Fsp3) is 0.409. The molecule has 4 nitrogen and oxygen atoms in total. The number of fused-ring (bicyclic) bond motifs is 1. The number of esters is 1. The SMILES string of the molecule is CC(=O)Oc1c(C=CCCCCCCCCBr)c(O)c2ccccc2c1O. The Bertz CT molecular complexity index is 798. The van der Waals surface area contributed by atoms with Crippen LogP contribution in [0.3, 0.4) is 0 Å². The van der Waals surface area contributed by atoms with Gasteiger partial charge in [-0.15, -0.1) is 0 Å². The van der Waals surface area contributed by atoms with Gasteiger partial charge in [0.2, 0.25) is 0 Å². The molecule has 0 spiro atoms. The monoisotopic (exact) mass is 434 g/mol. The Morgan fingerprint density at radius 1 is 1.00 bits per heavy atom. The molecular formula is C22H27BrO4. The average Bonchev–Trinajstić information content (AvgIpc) is 2.66. The van der Waals surface area contributed by atoms with Crippen molar-refractivity contribution in [2.75, 3.05) is 5.33 Å². The summed E-state index contributed by atoms with van der Waals surface area (Å²) in [6, 6.07) is 6.95. The molecule has 2 aromatic carbocycles. The molecule has 0 unspecified atom stereocenters. The molecule has 27 heavy (non-hydrogen) atoms. The number of unbranched alkanes of at least 4 members (excludes halogenated alkanes) is 6. The zero-order chi connectivity index (χ0) is 19.6. The quantitative estimate of drug-likeness (QED) is 0.151. The highest BCUT2D eigenvalue weighted by Crippen LogP contribution is 2.45. The number of carbonyl (C=O) groups is 1. The molecule has 0 aromatic heterocycles. The van der Waals surface area contributed by atoms with Gasteiger partial charge < -0.3 is 14.9 Å². The summed E-state index contributed by atoms with van der Waals surface area (Å²) in [5.74, 6) is -0.668. The van der Waals surface area contributed by atoms with Gasteiger partial charge in [-0.25, -0.2) is 0 Å². The first-order valence-electron chi connectivity index (χ1n) is 9.43. The Hall–Kier alpha value is -2.01. The Morgan fingerprint density at radius 3 is 2.22 bits per heavy atom. The number of carbonyl (C=O) groups excluding carboxylic acids is 1. The van der Waals surface area contributed by atoms with Crippen LogP contribution in [0.15, 0.2) is 30.3 Å². The van der Waals surface area contributed by atoms with Crippen molar-refractivity contribution in [2.45, 2.75) is 51.9 Å². The van der Waals surface area contributed by atoms with Crippen molar-refractivity contribution in [1.29, 1.82) is 0 Å². The normalized spacial score (nSPS) is 11.3. The standard InChI is InChI=1S/C22H27BrO4/c1-16(24)27-22-19(14-8-6-4-2-3-5-7-11-15-23)20(25)17-12-9-10-13-18(17)21(22)26/h8-10,12-14,25-26H,2-7,11,15H2,1H3. The minimum absolute atomic E-state index is 0.00437. The minimum atomic E-state index is -0.543.